The van der Waals surface area contributed by atoms with Crippen molar-refractivity contribution >= 4 is 0 Å². The molecule has 0 bridgehead atoms. The van der Waals surface area contributed by atoms with Gasteiger partial charge in [-0.25, -0.2) is 0 Å². The Morgan fingerprint density at radius 3 is 2.25 bits per heavy atom. The van der Waals surface area contributed by atoms with Crippen molar-refractivity contribution in [1.82, 2.24) is 0 Å². The molecule has 0 aliphatic carbocycles. The zero-order valence-electron chi connectivity index (χ0n) is 9.02. The van der Waals surface area contributed by atoms with Crippen LogP contribution < -0.4 is 0 Å². The average molecular weight is 174 g/mol. The first kappa shape index (κ1) is 11.9. The van der Waals surface area contributed by atoms with E-state index in [1.165, 1.54) is 0 Å². The normalized spacial score (nSPS) is 16.5. The zero-order chi connectivity index (χ0) is 9.61. The maximum Gasteiger partial charge on any atom is 0.0670 e. The fourth-order valence-corrected chi connectivity index (χ4v) is 0.934. The molecule has 0 N–H and O–H groups in total. The lowest BCUT2D eigenvalue weighted by atomic mass is 10.00. The summed E-state index contributed by atoms with van der Waals surface area (Å²) in [4.78, 5) is 0. The van der Waals surface area contributed by atoms with Crippen molar-refractivity contribution in [2.45, 2.75) is 52.2 Å². The summed E-state index contributed by atoms with van der Waals surface area (Å²) >= 11 is 0. The predicted octanol–water partition coefficient (Wildman–Crippen LogP) is 2.62. The Morgan fingerprint density at radius 1 is 1.33 bits per heavy atom. The minimum atomic E-state index is -0.00507. The molecule has 0 rings (SSSR count). The van der Waals surface area contributed by atoms with E-state index in [-0.39, 0.29) is 5.60 Å². The minimum absolute atomic E-state index is 0.00507. The molecule has 2 nitrogen and oxygen atoms in total. The van der Waals surface area contributed by atoms with E-state index in [0.717, 1.165) is 19.4 Å². The lowest BCUT2D eigenvalue weighted by Crippen LogP contribution is -2.28. The smallest absolute Gasteiger partial charge is 0.0670 e. The Hall–Kier alpha value is -0.0800. The SMILES string of the molecule is CCC(C)(CCOC(C)C)OC. The van der Waals surface area contributed by atoms with E-state index in [1.54, 1.807) is 7.11 Å². The quantitative estimate of drug-likeness (QED) is 0.616. The third kappa shape index (κ3) is 4.73. The van der Waals surface area contributed by atoms with Gasteiger partial charge in [0.05, 0.1) is 11.7 Å². The summed E-state index contributed by atoms with van der Waals surface area (Å²) in [5.74, 6) is 0. The van der Waals surface area contributed by atoms with Gasteiger partial charge in [0.2, 0.25) is 0 Å². The van der Waals surface area contributed by atoms with Gasteiger partial charge in [-0.2, -0.15) is 0 Å². The van der Waals surface area contributed by atoms with Gasteiger partial charge in [0.25, 0.3) is 0 Å². The fourth-order valence-electron chi connectivity index (χ4n) is 0.934. The van der Waals surface area contributed by atoms with Gasteiger partial charge in [0.1, 0.15) is 0 Å². The van der Waals surface area contributed by atoms with Crippen molar-refractivity contribution < 1.29 is 9.47 Å². The predicted molar refractivity (Wildman–Crippen MR) is 51.4 cm³/mol. The lowest BCUT2D eigenvalue weighted by Gasteiger charge is -2.26. The molecule has 74 valence electrons. The topological polar surface area (TPSA) is 18.5 Å². The van der Waals surface area contributed by atoms with E-state index < -0.39 is 0 Å². The fraction of sp³-hybridized carbons (Fsp3) is 1.00. The highest BCUT2D eigenvalue weighted by molar-refractivity contribution is 4.71. The Kier molecular flexibility index (Phi) is 5.51. The Balaban J connectivity index is 3.58. The van der Waals surface area contributed by atoms with Gasteiger partial charge in [-0.05, 0) is 33.6 Å². The average Bonchev–Trinajstić information content (AvgIpc) is 2.03. The molecule has 0 aromatic carbocycles. The molecule has 0 aliphatic rings. The van der Waals surface area contributed by atoms with Crippen LogP contribution in [0.5, 0.6) is 0 Å². The Labute approximate surface area is 76.3 Å². The van der Waals surface area contributed by atoms with Crippen LogP contribution in [-0.2, 0) is 9.47 Å². The van der Waals surface area contributed by atoms with Gasteiger partial charge < -0.3 is 9.47 Å². The molecule has 0 aromatic rings. The molecule has 2 heteroatoms. The molecule has 0 spiro atoms. The molecule has 0 radical (unpaired) electrons. The van der Waals surface area contributed by atoms with Crippen LogP contribution in [0.4, 0.5) is 0 Å². The Bertz CT molecular complexity index is 106. The number of rotatable bonds is 6. The second kappa shape index (κ2) is 5.55. The van der Waals surface area contributed by atoms with Crippen molar-refractivity contribution in [3.8, 4) is 0 Å². The minimum Gasteiger partial charge on any atom is -0.379 e. The van der Waals surface area contributed by atoms with Gasteiger partial charge >= 0.3 is 0 Å². The van der Waals surface area contributed by atoms with Gasteiger partial charge in [-0.1, -0.05) is 6.92 Å². The number of hydrogen-bond donors (Lipinski definition) is 0. The summed E-state index contributed by atoms with van der Waals surface area (Å²) in [7, 11) is 1.76. The molecular formula is C10H22O2. The first-order valence-electron chi connectivity index (χ1n) is 4.71. The lowest BCUT2D eigenvalue weighted by molar-refractivity contribution is -0.0346. The van der Waals surface area contributed by atoms with Crippen LogP contribution in [-0.4, -0.2) is 25.4 Å². The van der Waals surface area contributed by atoms with Crippen LogP contribution >= 0.6 is 0 Å². The molecule has 1 atom stereocenters. The van der Waals surface area contributed by atoms with E-state index >= 15 is 0 Å². The van der Waals surface area contributed by atoms with Crippen LogP contribution in [0, 0.1) is 0 Å². The molecule has 0 aliphatic heterocycles. The standard InChI is InChI=1S/C10H22O2/c1-6-10(4,11-5)7-8-12-9(2)3/h9H,6-8H2,1-5H3. The van der Waals surface area contributed by atoms with Gasteiger partial charge in [-0.15, -0.1) is 0 Å². The number of ether oxygens (including phenoxy) is 2. The van der Waals surface area contributed by atoms with E-state index in [4.69, 9.17) is 9.47 Å². The van der Waals surface area contributed by atoms with E-state index in [2.05, 4.69) is 27.7 Å². The second-order valence-corrected chi connectivity index (χ2v) is 3.68. The van der Waals surface area contributed by atoms with Crippen molar-refractivity contribution in [3.63, 3.8) is 0 Å². The van der Waals surface area contributed by atoms with Crippen LogP contribution in [0.25, 0.3) is 0 Å². The molecule has 0 saturated carbocycles. The third-order valence-electron chi connectivity index (χ3n) is 2.32. The molecule has 0 aromatic heterocycles. The van der Waals surface area contributed by atoms with Crippen molar-refractivity contribution in [2.24, 2.45) is 0 Å². The zero-order valence-corrected chi connectivity index (χ0v) is 9.02. The van der Waals surface area contributed by atoms with Gasteiger partial charge in [0, 0.05) is 13.7 Å². The highest BCUT2D eigenvalue weighted by Gasteiger charge is 2.20. The van der Waals surface area contributed by atoms with E-state index in [9.17, 15) is 0 Å². The monoisotopic (exact) mass is 174 g/mol. The van der Waals surface area contributed by atoms with Gasteiger partial charge in [-0.3, -0.25) is 0 Å². The number of hydrogen-bond acceptors (Lipinski definition) is 2. The largest absolute Gasteiger partial charge is 0.379 e. The molecule has 0 fully saturated rings. The summed E-state index contributed by atoms with van der Waals surface area (Å²) in [5, 5.41) is 0. The van der Waals surface area contributed by atoms with E-state index in [0.29, 0.717) is 6.10 Å². The molecule has 0 heterocycles. The molecule has 0 saturated heterocycles. The second-order valence-electron chi connectivity index (χ2n) is 3.68. The van der Waals surface area contributed by atoms with Crippen molar-refractivity contribution in [1.29, 1.82) is 0 Å². The van der Waals surface area contributed by atoms with E-state index in [1.807, 2.05) is 0 Å². The first-order chi connectivity index (χ1) is 5.54. The van der Waals surface area contributed by atoms with Crippen molar-refractivity contribution in [3.05, 3.63) is 0 Å². The Morgan fingerprint density at radius 2 is 1.92 bits per heavy atom. The summed E-state index contributed by atoms with van der Waals surface area (Å²) < 4.78 is 10.8. The highest BCUT2D eigenvalue weighted by atomic mass is 16.5. The first-order valence-corrected chi connectivity index (χ1v) is 4.71. The summed E-state index contributed by atoms with van der Waals surface area (Å²) in [6, 6.07) is 0. The highest BCUT2D eigenvalue weighted by Crippen LogP contribution is 2.18. The van der Waals surface area contributed by atoms with Crippen LogP contribution in [0.15, 0.2) is 0 Å². The third-order valence-corrected chi connectivity index (χ3v) is 2.32. The molecular weight excluding hydrogens is 152 g/mol. The summed E-state index contributed by atoms with van der Waals surface area (Å²) in [5.41, 5.74) is -0.00507. The molecule has 12 heavy (non-hydrogen) atoms. The maximum atomic E-state index is 5.46. The van der Waals surface area contributed by atoms with Crippen molar-refractivity contribution in [2.75, 3.05) is 13.7 Å². The molecule has 0 amide bonds. The van der Waals surface area contributed by atoms with Crippen LogP contribution in [0.2, 0.25) is 0 Å². The summed E-state index contributed by atoms with van der Waals surface area (Å²) in [6.07, 6.45) is 2.33. The molecule has 1 unspecified atom stereocenters. The summed E-state index contributed by atoms with van der Waals surface area (Å²) in [6.45, 7) is 9.15. The van der Waals surface area contributed by atoms with Crippen LogP contribution in [0.1, 0.15) is 40.5 Å². The van der Waals surface area contributed by atoms with Crippen LogP contribution in [0.3, 0.4) is 0 Å². The maximum absolute atomic E-state index is 5.46. The number of methoxy groups -OCH3 is 1. The van der Waals surface area contributed by atoms with Gasteiger partial charge in [0.15, 0.2) is 0 Å².